The third-order valence-corrected chi connectivity index (χ3v) is 4.72. The molecular formula is C20H27N3O. The van der Waals surface area contributed by atoms with E-state index in [-0.39, 0.29) is 5.91 Å². The molecule has 0 saturated heterocycles. The Morgan fingerprint density at radius 3 is 2.58 bits per heavy atom. The first-order valence-electron chi connectivity index (χ1n) is 8.79. The zero-order valence-electron chi connectivity index (χ0n) is 14.9. The van der Waals surface area contributed by atoms with Crippen molar-refractivity contribution >= 4 is 5.91 Å². The van der Waals surface area contributed by atoms with Crippen molar-refractivity contribution in [3.05, 3.63) is 52.8 Å². The van der Waals surface area contributed by atoms with Crippen LogP contribution in [0.15, 0.2) is 30.3 Å². The van der Waals surface area contributed by atoms with Crippen molar-refractivity contribution in [2.75, 3.05) is 27.2 Å². The molecule has 2 aromatic rings. The van der Waals surface area contributed by atoms with Gasteiger partial charge in [-0.1, -0.05) is 0 Å². The molecule has 0 saturated carbocycles. The van der Waals surface area contributed by atoms with Crippen LogP contribution in [0.3, 0.4) is 0 Å². The lowest BCUT2D eigenvalue weighted by Crippen LogP contribution is -2.31. The van der Waals surface area contributed by atoms with E-state index in [0.717, 1.165) is 24.2 Å². The van der Waals surface area contributed by atoms with Crippen LogP contribution in [-0.4, -0.2) is 42.6 Å². The van der Waals surface area contributed by atoms with Crippen LogP contribution >= 0.6 is 0 Å². The minimum absolute atomic E-state index is 0.00495. The maximum Gasteiger partial charge on any atom is 0.251 e. The number of fused-ring (bicyclic) bond motifs is 1. The van der Waals surface area contributed by atoms with E-state index in [1.807, 2.05) is 26.2 Å². The molecule has 0 spiro atoms. The Labute approximate surface area is 144 Å². The van der Waals surface area contributed by atoms with Gasteiger partial charge in [0, 0.05) is 35.7 Å². The Bertz CT molecular complexity index is 713. The van der Waals surface area contributed by atoms with Crippen molar-refractivity contribution in [1.29, 1.82) is 0 Å². The molecular weight excluding hydrogens is 298 g/mol. The summed E-state index contributed by atoms with van der Waals surface area (Å²) in [6, 6.07) is 10.3. The molecule has 4 heteroatoms. The number of hydrogen-bond acceptors (Lipinski definition) is 2. The van der Waals surface area contributed by atoms with Gasteiger partial charge in [0.25, 0.3) is 5.91 Å². The van der Waals surface area contributed by atoms with Gasteiger partial charge in [-0.2, -0.15) is 0 Å². The van der Waals surface area contributed by atoms with Crippen molar-refractivity contribution in [3.8, 4) is 5.69 Å². The van der Waals surface area contributed by atoms with E-state index in [0.29, 0.717) is 6.54 Å². The molecule has 24 heavy (non-hydrogen) atoms. The lowest BCUT2D eigenvalue weighted by atomic mass is 9.98. The average molecular weight is 325 g/mol. The Morgan fingerprint density at radius 2 is 1.88 bits per heavy atom. The van der Waals surface area contributed by atoms with Gasteiger partial charge >= 0.3 is 0 Å². The highest BCUT2D eigenvalue weighted by atomic mass is 16.1. The Balaban J connectivity index is 1.75. The maximum absolute atomic E-state index is 12.2. The molecule has 0 bridgehead atoms. The Morgan fingerprint density at radius 1 is 1.17 bits per heavy atom. The number of nitrogens with zero attached hydrogens (tertiary/aromatic N) is 2. The van der Waals surface area contributed by atoms with Crippen molar-refractivity contribution in [1.82, 2.24) is 14.8 Å². The fraction of sp³-hybridized carbons (Fsp3) is 0.450. The molecule has 1 aromatic heterocycles. The predicted octanol–water partition coefficient (Wildman–Crippen LogP) is 2.96. The number of carbonyl (C=O) groups excluding carboxylic acids is 1. The number of nitrogens with one attached hydrogen (secondary N) is 1. The fourth-order valence-corrected chi connectivity index (χ4v) is 3.47. The summed E-state index contributed by atoms with van der Waals surface area (Å²) < 4.78 is 2.35. The lowest BCUT2D eigenvalue weighted by molar-refractivity contribution is 0.0951. The van der Waals surface area contributed by atoms with E-state index in [9.17, 15) is 4.79 Å². The van der Waals surface area contributed by atoms with Gasteiger partial charge in [0.05, 0.1) is 0 Å². The summed E-state index contributed by atoms with van der Waals surface area (Å²) in [5, 5.41) is 2.96. The highest BCUT2D eigenvalue weighted by Crippen LogP contribution is 2.28. The second kappa shape index (κ2) is 7.22. The van der Waals surface area contributed by atoms with E-state index in [1.165, 1.54) is 36.2 Å². The summed E-state index contributed by atoms with van der Waals surface area (Å²) >= 11 is 0. The number of likely N-dealkylation sites (N-methyl/N-ethyl adjacent to an activating group) is 1. The van der Waals surface area contributed by atoms with E-state index in [1.54, 1.807) is 0 Å². The molecule has 1 N–H and O–H groups in total. The van der Waals surface area contributed by atoms with Crippen molar-refractivity contribution in [2.45, 2.75) is 32.6 Å². The van der Waals surface area contributed by atoms with Crippen LogP contribution in [0.4, 0.5) is 0 Å². The predicted molar refractivity (Wildman–Crippen MR) is 98.0 cm³/mol. The smallest absolute Gasteiger partial charge is 0.251 e. The number of aromatic nitrogens is 1. The SMILES string of the molecule is Cc1cc2c(n1-c1ccc(C(=O)NCCN(C)C)cc1)CCCC2. The number of benzene rings is 1. The van der Waals surface area contributed by atoms with Crippen molar-refractivity contribution in [2.24, 2.45) is 0 Å². The minimum Gasteiger partial charge on any atom is -0.351 e. The highest BCUT2D eigenvalue weighted by Gasteiger charge is 2.17. The van der Waals surface area contributed by atoms with E-state index in [2.05, 4.69) is 39.9 Å². The van der Waals surface area contributed by atoms with Gasteiger partial charge < -0.3 is 14.8 Å². The summed E-state index contributed by atoms with van der Waals surface area (Å²) in [5.41, 5.74) is 6.09. The van der Waals surface area contributed by atoms with Crippen LogP contribution in [0.1, 0.15) is 40.2 Å². The van der Waals surface area contributed by atoms with Crippen LogP contribution in [0, 0.1) is 6.92 Å². The zero-order valence-corrected chi connectivity index (χ0v) is 14.9. The molecule has 0 fully saturated rings. The van der Waals surface area contributed by atoms with Gasteiger partial charge in [-0.15, -0.1) is 0 Å². The molecule has 3 rings (SSSR count). The normalized spacial score (nSPS) is 13.8. The fourth-order valence-electron chi connectivity index (χ4n) is 3.47. The number of carbonyl (C=O) groups is 1. The molecule has 1 aliphatic rings. The maximum atomic E-state index is 12.2. The minimum atomic E-state index is -0.00495. The standard InChI is InChI=1S/C20H27N3O/c1-15-14-17-6-4-5-7-19(17)23(15)18-10-8-16(9-11-18)20(24)21-12-13-22(2)3/h8-11,14H,4-7,12-13H2,1-3H3,(H,21,24). The molecule has 1 aromatic carbocycles. The van der Waals surface area contributed by atoms with Crippen LogP contribution in [0.25, 0.3) is 5.69 Å². The molecule has 4 nitrogen and oxygen atoms in total. The van der Waals surface area contributed by atoms with Crippen molar-refractivity contribution in [3.63, 3.8) is 0 Å². The third-order valence-electron chi connectivity index (χ3n) is 4.72. The number of amides is 1. The molecule has 0 radical (unpaired) electrons. The molecule has 0 aliphatic heterocycles. The Hall–Kier alpha value is -2.07. The molecule has 1 amide bonds. The van der Waals surface area contributed by atoms with Gasteiger partial charge in [-0.25, -0.2) is 0 Å². The summed E-state index contributed by atoms with van der Waals surface area (Å²) in [6.45, 7) is 3.68. The van der Waals surface area contributed by atoms with Gasteiger partial charge in [-0.3, -0.25) is 4.79 Å². The van der Waals surface area contributed by atoms with Crippen molar-refractivity contribution < 1.29 is 4.79 Å². The monoisotopic (exact) mass is 325 g/mol. The first-order valence-corrected chi connectivity index (χ1v) is 8.79. The van der Waals surface area contributed by atoms with Crippen LogP contribution < -0.4 is 5.32 Å². The lowest BCUT2D eigenvalue weighted by Gasteiger charge is -2.17. The first-order chi connectivity index (χ1) is 11.6. The zero-order chi connectivity index (χ0) is 17.1. The quantitative estimate of drug-likeness (QED) is 0.918. The number of hydrogen-bond donors (Lipinski definition) is 1. The van der Waals surface area contributed by atoms with E-state index >= 15 is 0 Å². The Kier molecular flexibility index (Phi) is 5.05. The van der Waals surface area contributed by atoms with Crippen LogP contribution in [-0.2, 0) is 12.8 Å². The largest absolute Gasteiger partial charge is 0.351 e. The number of rotatable bonds is 5. The van der Waals surface area contributed by atoms with E-state index < -0.39 is 0 Å². The van der Waals surface area contributed by atoms with E-state index in [4.69, 9.17) is 0 Å². The second-order valence-corrected chi connectivity index (χ2v) is 6.91. The molecule has 128 valence electrons. The average Bonchev–Trinajstić information content (AvgIpc) is 2.90. The summed E-state index contributed by atoms with van der Waals surface area (Å²) in [4.78, 5) is 14.2. The molecule has 1 aliphatic carbocycles. The highest BCUT2D eigenvalue weighted by molar-refractivity contribution is 5.94. The molecule has 0 atom stereocenters. The second-order valence-electron chi connectivity index (χ2n) is 6.91. The first kappa shape index (κ1) is 16.8. The molecule has 0 unspecified atom stereocenters. The van der Waals surface area contributed by atoms with Gasteiger partial charge in [-0.05, 0) is 82.6 Å². The topological polar surface area (TPSA) is 37.3 Å². The van der Waals surface area contributed by atoms with Gasteiger partial charge in [0.1, 0.15) is 0 Å². The summed E-state index contributed by atoms with van der Waals surface area (Å²) in [5.74, 6) is -0.00495. The van der Waals surface area contributed by atoms with Crippen LogP contribution in [0.2, 0.25) is 0 Å². The number of aryl methyl sites for hydroxylation is 2. The van der Waals surface area contributed by atoms with Gasteiger partial charge in [0.15, 0.2) is 0 Å². The van der Waals surface area contributed by atoms with Gasteiger partial charge in [0.2, 0.25) is 0 Å². The summed E-state index contributed by atoms with van der Waals surface area (Å²) in [7, 11) is 4.00. The summed E-state index contributed by atoms with van der Waals surface area (Å²) in [6.07, 6.45) is 4.90. The van der Waals surface area contributed by atoms with Crippen LogP contribution in [0.5, 0.6) is 0 Å². The third kappa shape index (κ3) is 3.54. The molecule has 1 heterocycles.